The molecular formula is C25H24ClF3N4O3S. The maximum absolute atomic E-state index is 12.8. The molecule has 0 bridgehead atoms. The molecule has 5 rings (SSSR count). The lowest BCUT2D eigenvalue weighted by Gasteiger charge is -2.26. The maximum Gasteiger partial charge on any atom is 0.406 e. The van der Waals surface area contributed by atoms with Gasteiger partial charge in [0.15, 0.2) is 0 Å². The lowest BCUT2D eigenvalue weighted by Crippen LogP contribution is -2.37. The zero-order chi connectivity index (χ0) is 26.3. The fourth-order valence-corrected chi connectivity index (χ4v) is 6.09. The van der Waals surface area contributed by atoms with Gasteiger partial charge in [-0.15, -0.1) is 11.3 Å². The number of alkyl halides is 3. The van der Waals surface area contributed by atoms with E-state index in [4.69, 9.17) is 16.3 Å². The number of benzene rings is 1. The largest absolute Gasteiger partial charge is 0.489 e. The molecule has 0 spiro atoms. The number of nitrogens with one attached hydrogen (secondary N) is 1. The molecule has 2 aliphatic heterocycles. The molecule has 4 heterocycles. The van der Waals surface area contributed by atoms with Gasteiger partial charge < -0.3 is 15.0 Å². The van der Waals surface area contributed by atoms with Crippen LogP contribution in [-0.2, 0) is 11.3 Å². The van der Waals surface area contributed by atoms with E-state index in [1.165, 1.54) is 11.3 Å². The van der Waals surface area contributed by atoms with Crippen molar-refractivity contribution in [2.45, 2.75) is 38.6 Å². The quantitative estimate of drug-likeness (QED) is 0.416. The van der Waals surface area contributed by atoms with Crippen LogP contribution in [0.25, 0.3) is 21.3 Å². The first-order valence-electron chi connectivity index (χ1n) is 11.8. The Morgan fingerprint density at radius 1 is 1.19 bits per heavy atom. The van der Waals surface area contributed by atoms with Crippen LogP contribution >= 0.6 is 22.9 Å². The molecule has 0 atom stereocenters. The summed E-state index contributed by atoms with van der Waals surface area (Å²) in [6, 6.07) is 6.37. The van der Waals surface area contributed by atoms with Gasteiger partial charge in [-0.2, -0.15) is 13.2 Å². The second kappa shape index (κ2) is 10.1. The van der Waals surface area contributed by atoms with Gasteiger partial charge in [-0.25, -0.2) is 4.79 Å². The third kappa shape index (κ3) is 5.53. The van der Waals surface area contributed by atoms with Gasteiger partial charge in [0, 0.05) is 27.2 Å². The zero-order valence-electron chi connectivity index (χ0n) is 19.9. The predicted octanol–water partition coefficient (Wildman–Crippen LogP) is 5.38. The SMILES string of the molecule is Cc1cc(Cl)cc(-c2ccnc3cc(CN4C(=O)CN(CC(F)(F)F)C4=O)sc23)c1OC1CCNCC1. The van der Waals surface area contributed by atoms with Crippen molar-refractivity contribution < 1.29 is 27.5 Å². The topological polar surface area (TPSA) is 74.8 Å². The minimum atomic E-state index is -4.58. The fourth-order valence-electron chi connectivity index (χ4n) is 4.69. The summed E-state index contributed by atoms with van der Waals surface area (Å²) in [5.41, 5.74) is 3.21. The second-order valence-corrected chi connectivity index (χ2v) is 10.8. The Hall–Kier alpha value is -2.89. The summed E-state index contributed by atoms with van der Waals surface area (Å²) in [6.07, 6.45) is -1.07. The number of fused-ring (bicyclic) bond motifs is 1. The molecule has 0 aliphatic carbocycles. The van der Waals surface area contributed by atoms with Gasteiger partial charge in [-0.1, -0.05) is 11.6 Å². The van der Waals surface area contributed by atoms with E-state index in [2.05, 4.69) is 10.3 Å². The van der Waals surface area contributed by atoms with Gasteiger partial charge in [0.2, 0.25) is 0 Å². The molecule has 0 saturated carbocycles. The number of carbonyl (C=O) groups is 2. The highest BCUT2D eigenvalue weighted by molar-refractivity contribution is 7.19. The van der Waals surface area contributed by atoms with Crippen LogP contribution in [0, 0.1) is 6.92 Å². The van der Waals surface area contributed by atoms with Crippen LogP contribution in [0.4, 0.5) is 18.0 Å². The first-order valence-corrected chi connectivity index (χ1v) is 13.0. The third-order valence-corrected chi connectivity index (χ3v) is 7.74. The Morgan fingerprint density at radius 2 is 1.95 bits per heavy atom. The van der Waals surface area contributed by atoms with Crippen molar-refractivity contribution in [1.29, 1.82) is 0 Å². The summed E-state index contributed by atoms with van der Waals surface area (Å²) in [6.45, 7) is 1.54. The Kier molecular flexibility index (Phi) is 7.03. The van der Waals surface area contributed by atoms with Crippen LogP contribution in [-0.4, -0.2) is 65.2 Å². The van der Waals surface area contributed by atoms with Crippen LogP contribution in [0.15, 0.2) is 30.5 Å². The molecule has 12 heteroatoms. The van der Waals surface area contributed by atoms with E-state index in [1.807, 2.05) is 25.1 Å². The minimum Gasteiger partial charge on any atom is -0.489 e. The van der Waals surface area contributed by atoms with Gasteiger partial charge in [0.25, 0.3) is 5.91 Å². The molecule has 2 fully saturated rings. The molecule has 0 unspecified atom stereocenters. The number of pyridine rings is 1. The first-order chi connectivity index (χ1) is 17.6. The number of urea groups is 1. The Morgan fingerprint density at radius 3 is 2.68 bits per heavy atom. The van der Waals surface area contributed by atoms with Crippen LogP contribution in [0.5, 0.6) is 5.75 Å². The highest BCUT2D eigenvalue weighted by Gasteiger charge is 2.42. The van der Waals surface area contributed by atoms with Crippen LogP contribution in [0.2, 0.25) is 5.02 Å². The molecule has 2 aromatic heterocycles. The van der Waals surface area contributed by atoms with E-state index in [-0.39, 0.29) is 12.6 Å². The van der Waals surface area contributed by atoms with Crippen LogP contribution < -0.4 is 10.1 Å². The summed E-state index contributed by atoms with van der Waals surface area (Å²) in [4.78, 5) is 31.3. The monoisotopic (exact) mass is 552 g/mol. The zero-order valence-corrected chi connectivity index (χ0v) is 21.5. The first kappa shape index (κ1) is 25.7. The molecule has 1 aromatic carbocycles. The number of hydrogen-bond donors (Lipinski definition) is 1. The molecule has 2 aliphatic rings. The van der Waals surface area contributed by atoms with E-state index in [9.17, 15) is 22.8 Å². The number of aryl methyl sites for hydroxylation is 1. The normalized spacial score (nSPS) is 17.3. The summed E-state index contributed by atoms with van der Waals surface area (Å²) >= 11 is 7.76. The predicted molar refractivity (Wildman–Crippen MR) is 135 cm³/mol. The van der Waals surface area contributed by atoms with Crippen molar-refractivity contribution >= 4 is 45.1 Å². The summed E-state index contributed by atoms with van der Waals surface area (Å²) in [5, 5.41) is 3.89. The number of nitrogens with zero attached hydrogens (tertiary/aromatic N) is 3. The Balaban J connectivity index is 1.47. The van der Waals surface area contributed by atoms with Crippen molar-refractivity contribution in [3.63, 3.8) is 0 Å². The van der Waals surface area contributed by atoms with Crippen molar-refractivity contribution in [2.24, 2.45) is 0 Å². The van der Waals surface area contributed by atoms with Crippen molar-refractivity contribution in [3.05, 3.63) is 45.9 Å². The third-order valence-electron chi connectivity index (χ3n) is 6.38. The number of amides is 3. The van der Waals surface area contributed by atoms with E-state index >= 15 is 0 Å². The molecule has 2 saturated heterocycles. The Bertz CT molecular complexity index is 1360. The van der Waals surface area contributed by atoms with Crippen LogP contribution in [0.3, 0.4) is 0 Å². The molecule has 3 aromatic rings. The fraction of sp³-hybridized carbons (Fsp3) is 0.400. The number of imide groups is 1. The van der Waals surface area contributed by atoms with E-state index in [0.29, 0.717) is 20.3 Å². The van der Waals surface area contributed by atoms with E-state index in [1.54, 1.807) is 12.3 Å². The molecule has 1 N–H and O–H groups in total. The molecule has 3 amide bonds. The van der Waals surface area contributed by atoms with Crippen molar-refractivity contribution in [3.8, 4) is 16.9 Å². The number of hydrogen-bond acceptors (Lipinski definition) is 6. The average molecular weight is 553 g/mol. The Labute approximate surface area is 220 Å². The summed E-state index contributed by atoms with van der Waals surface area (Å²) in [7, 11) is 0. The van der Waals surface area contributed by atoms with Gasteiger partial charge in [-0.05, 0) is 62.7 Å². The smallest absolute Gasteiger partial charge is 0.406 e. The van der Waals surface area contributed by atoms with Gasteiger partial charge in [0.1, 0.15) is 24.9 Å². The summed E-state index contributed by atoms with van der Waals surface area (Å²) in [5.74, 6) is 0.0782. The lowest BCUT2D eigenvalue weighted by atomic mass is 10.0. The second-order valence-electron chi connectivity index (χ2n) is 9.19. The molecule has 7 nitrogen and oxygen atoms in total. The van der Waals surface area contributed by atoms with Gasteiger partial charge in [-0.3, -0.25) is 14.7 Å². The number of carbonyl (C=O) groups excluding carboxylic acids is 2. The molecule has 0 radical (unpaired) electrons. The highest BCUT2D eigenvalue weighted by Crippen LogP contribution is 2.42. The molecule has 196 valence electrons. The van der Waals surface area contributed by atoms with Gasteiger partial charge in [0.05, 0.1) is 16.8 Å². The standard InChI is InChI=1S/C25H24ClF3N4O3S/c1-14-8-15(26)9-19(22(14)36-16-2-5-30-6-3-16)18-4-7-31-20-10-17(37-23(18)20)11-33-21(34)12-32(24(33)35)13-25(27,28)29/h4,7-10,16,30H,2-3,5-6,11-13H2,1H3. The van der Waals surface area contributed by atoms with Crippen molar-refractivity contribution in [1.82, 2.24) is 20.1 Å². The number of halogens is 4. The molecule has 37 heavy (non-hydrogen) atoms. The number of aromatic nitrogens is 1. The highest BCUT2D eigenvalue weighted by atomic mass is 35.5. The number of thiophene rings is 1. The maximum atomic E-state index is 12.8. The minimum absolute atomic E-state index is 0.0722. The van der Waals surface area contributed by atoms with Gasteiger partial charge >= 0.3 is 12.2 Å². The number of rotatable bonds is 6. The summed E-state index contributed by atoms with van der Waals surface area (Å²) < 4.78 is 45.6. The van der Waals surface area contributed by atoms with Crippen molar-refractivity contribution in [2.75, 3.05) is 26.2 Å². The van der Waals surface area contributed by atoms with E-state index in [0.717, 1.165) is 58.0 Å². The average Bonchev–Trinajstić information content (AvgIpc) is 3.36. The van der Waals surface area contributed by atoms with E-state index < -0.39 is 31.2 Å². The lowest BCUT2D eigenvalue weighted by molar-refractivity contribution is -0.139. The number of piperidine rings is 1. The molecular weight excluding hydrogens is 529 g/mol. The number of ether oxygens (including phenoxy) is 1. The van der Waals surface area contributed by atoms with Crippen LogP contribution in [0.1, 0.15) is 23.3 Å².